The Bertz CT molecular complexity index is 569. The first-order valence-corrected chi connectivity index (χ1v) is 6.56. The highest BCUT2D eigenvalue weighted by Crippen LogP contribution is 2.20. The van der Waals surface area contributed by atoms with Crippen LogP contribution in [-0.2, 0) is 17.8 Å². The number of aliphatic carboxylic acids is 1. The van der Waals surface area contributed by atoms with Crippen LogP contribution in [0.2, 0.25) is 0 Å². The first kappa shape index (κ1) is 12.6. The van der Waals surface area contributed by atoms with Gasteiger partial charge in [0, 0.05) is 29.8 Å². The van der Waals surface area contributed by atoms with Gasteiger partial charge in [-0.25, -0.2) is 9.78 Å². The number of aromatic nitrogens is 2. The molecule has 18 heavy (non-hydrogen) atoms. The van der Waals surface area contributed by atoms with Crippen molar-refractivity contribution >= 4 is 23.4 Å². The van der Waals surface area contributed by atoms with E-state index in [9.17, 15) is 4.79 Å². The molecule has 0 radical (unpaired) electrons. The number of carboxylic acid groups (broad SMARTS) is 1. The summed E-state index contributed by atoms with van der Waals surface area (Å²) < 4.78 is 2.09. The van der Waals surface area contributed by atoms with Crippen LogP contribution < -0.4 is 0 Å². The molecule has 2 aromatic heterocycles. The summed E-state index contributed by atoms with van der Waals surface area (Å²) in [6, 6.07) is 1.93. The molecule has 0 fully saturated rings. The summed E-state index contributed by atoms with van der Waals surface area (Å²) in [6.07, 6.45) is 7.43. The van der Waals surface area contributed by atoms with Crippen molar-refractivity contribution in [3.05, 3.63) is 46.2 Å². The summed E-state index contributed by atoms with van der Waals surface area (Å²) in [7, 11) is 0. The Morgan fingerprint density at radius 1 is 1.61 bits per heavy atom. The second-order valence-corrected chi connectivity index (χ2v) is 4.80. The Balaban J connectivity index is 2.20. The fourth-order valence-corrected chi connectivity index (χ4v) is 2.61. The van der Waals surface area contributed by atoms with Crippen LogP contribution in [-0.4, -0.2) is 20.6 Å². The van der Waals surface area contributed by atoms with E-state index in [-0.39, 0.29) is 0 Å². The Labute approximate surface area is 109 Å². The Kier molecular flexibility index (Phi) is 3.94. The van der Waals surface area contributed by atoms with Gasteiger partial charge in [-0.15, -0.1) is 11.3 Å². The number of carbonyl (C=O) groups is 1. The van der Waals surface area contributed by atoms with Crippen LogP contribution in [0.3, 0.4) is 0 Å². The van der Waals surface area contributed by atoms with Crippen LogP contribution in [0.4, 0.5) is 0 Å². The smallest absolute Gasteiger partial charge is 0.328 e. The monoisotopic (exact) mass is 262 g/mol. The van der Waals surface area contributed by atoms with Gasteiger partial charge in [-0.05, 0) is 23.1 Å². The zero-order valence-corrected chi connectivity index (χ0v) is 10.9. The average Bonchev–Trinajstić information content (AvgIpc) is 2.96. The van der Waals surface area contributed by atoms with Crippen molar-refractivity contribution in [3.63, 3.8) is 0 Å². The highest BCUT2D eigenvalue weighted by molar-refractivity contribution is 7.10. The largest absolute Gasteiger partial charge is 0.478 e. The van der Waals surface area contributed by atoms with Crippen molar-refractivity contribution in [2.24, 2.45) is 0 Å². The lowest BCUT2D eigenvalue weighted by Gasteiger charge is -2.05. The number of imidazole rings is 1. The van der Waals surface area contributed by atoms with E-state index in [0.717, 1.165) is 29.2 Å². The van der Waals surface area contributed by atoms with Crippen molar-refractivity contribution in [2.75, 3.05) is 0 Å². The third kappa shape index (κ3) is 2.87. The SMILES string of the molecule is CCc1nccn1Cc1sccc1C=CC(=O)O. The van der Waals surface area contributed by atoms with Crippen molar-refractivity contribution in [3.8, 4) is 0 Å². The molecule has 0 aromatic carbocycles. The number of rotatable bonds is 5. The molecule has 2 rings (SSSR count). The molecular formula is C13H14N2O2S. The molecule has 2 aromatic rings. The quantitative estimate of drug-likeness (QED) is 0.843. The Morgan fingerprint density at radius 3 is 3.17 bits per heavy atom. The standard InChI is InChI=1S/C13H14N2O2S/c1-2-12-14-6-7-15(12)9-11-10(5-8-18-11)3-4-13(16)17/h3-8H,2,9H2,1H3,(H,16,17). The lowest BCUT2D eigenvalue weighted by Crippen LogP contribution is -2.02. The second-order valence-electron chi connectivity index (χ2n) is 3.80. The predicted molar refractivity (Wildman–Crippen MR) is 71.7 cm³/mol. The van der Waals surface area contributed by atoms with Crippen molar-refractivity contribution in [1.82, 2.24) is 9.55 Å². The number of hydrogen-bond acceptors (Lipinski definition) is 3. The zero-order valence-electron chi connectivity index (χ0n) is 10.0. The van der Waals surface area contributed by atoms with Crippen LogP contribution in [0.25, 0.3) is 6.08 Å². The molecule has 0 unspecified atom stereocenters. The van der Waals surface area contributed by atoms with Crippen LogP contribution in [0.5, 0.6) is 0 Å². The zero-order chi connectivity index (χ0) is 13.0. The maximum atomic E-state index is 10.5. The van der Waals surface area contributed by atoms with Gasteiger partial charge >= 0.3 is 5.97 Å². The Hall–Kier alpha value is -1.88. The fraction of sp³-hybridized carbons (Fsp3) is 0.231. The summed E-state index contributed by atoms with van der Waals surface area (Å²) in [4.78, 5) is 15.9. The number of nitrogens with zero attached hydrogens (tertiary/aromatic N) is 2. The second kappa shape index (κ2) is 5.64. The van der Waals surface area contributed by atoms with E-state index in [1.807, 2.05) is 17.6 Å². The van der Waals surface area contributed by atoms with Crippen LogP contribution in [0, 0.1) is 0 Å². The molecule has 0 atom stereocenters. The molecule has 5 heteroatoms. The van der Waals surface area contributed by atoms with Gasteiger partial charge in [-0.1, -0.05) is 6.92 Å². The molecule has 0 aliphatic rings. The predicted octanol–water partition coefficient (Wildman–Crippen LogP) is 2.65. The number of carboxylic acids is 1. The van der Waals surface area contributed by atoms with Crippen LogP contribution in [0.15, 0.2) is 29.9 Å². The van der Waals surface area contributed by atoms with Crippen LogP contribution >= 0.6 is 11.3 Å². The average molecular weight is 262 g/mol. The summed E-state index contributed by atoms with van der Waals surface area (Å²) in [5.74, 6) is 0.112. The molecule has 0 aliphatic carbocycles. The van der Waals surface area contributed by atoms with E-state index in [1.54, 1.807) is 23.6 Å². The van der Waals surface area contributed by atoms with Gasteiger partial charge in [0.05, 0.1) is 6.54 Å². The molecular weight excluding hydrogens is 248 g/mol. The van der Waals surface area contributed by atoms with E-state index in [2.05, 4.69) is 16.5 Å². The molecule has 0 bridgehead atoms. The fourth-order valence-electron chi connectivity index (χ4n) is 1.74. The van der Waals surface area contributed by atoms with Crippen LogP contribution in [0.1, 0.15) is 23.2 Å². The van der Waals surface area contributed by atoms with E-state index in [1.165, 1.54) is 6.08 Å². The summed E-state index contributed by atoms with van der Waals surface area (Å²) in [5, 5.41) is 10.6. The van der Waals surface area contributed by atoms with Crippen molar-refractivity contribution in [2.45, 2.75) is 19.9 Å². The van der Waals surface area contributed by atoms with Gasteiger partial charge in [-0.3, -0.25) is 0 Å². The molecule has 94 valence electrons. The van der Waals surface area contributed by atoms with Gasteiger partial charge in [0.1, 0.15) is 5.82 Å². The molecule has 0 saturated heterocycles. The topological polar surface area (TPSA) is 55.1 Å². The third-order valence-electron chi connectivity index (χ3n) is 2.62. The molecule has 0 saturated carbocycles. The maximum absolute atomic E-state index is 10.5. The van der Waals surface area contributed by atoms with Gasteiger partial charge in [-0.2, -0.15) is 0 Å². The van der Waals surface area contributed by atoms with Gasteiger partial charge in [0.15, 0.2) is 0 Å². The van der Waals surface area contributed by atoms with Crippen molar-refractivity contribution in [1.29, 1.82) is 0 Å². The highest BCUT2D eigenvalue weighted by Gasteiger charge is 2.06. The molecule has 0 aliphatic heterocycles. The van der Waals surface area contributed by atoms with E-state index in [0.29, 0.717) is 0 Å². The third-order valence-corrected chi connectivity index (χ3v) is 3.54. The Morgan fingerprint density at radius 2 is 2.44 bits per heavy atom. The van der Waals surface area contributed by atoms with Gasteiger partial charge in [0.2, 0.25) is 0 Å². The number of thiophene rings is 1. The van der Waals surface area contributed by atoms with Crippen molar-refractivity contribution < 1.29 is 9.90 Å². The first-order chi connectivity index (χ1) is 8.70. The minimum atomic E-state index is -0.927. The highest BCUT2D eigenvalue weighted by atomic mass is 32.1. The lowest BCUT2D eigenvalue weighted by atomic mass is 10.2. The van der Waals surface area contributed by atoms with Gasteiger partial charge in [0.25, 0.3) is 0 Å². The normalized spacial score (nSPS) is 11.2. The lowest BCUT2D eigenvalue weighted by molar-refractivity contribution is -0.131. The van der Waals surface area contributed by atoms with E-state index in [4.69, 9.17) is 5.11 Å². The van der Waals surface area contributed by atoms with E-state index < -0.39 is 5.97 Å². The molecule has 0 spiro atoms. The summed E-state index contributed by atoms with van der Waals surface area (Å²) in [5.41, 5.74) is 0.957. The van der Waals surface area contributed by atoms with Gasteiger partial charge < -0.3 is 9.67 Å². The maximum Gasteiger partial charge on any atom is 0.328 e. The molecule has 4 nitrogen and oxygen atoms in total. The molecule has 2 heterocycles. The minimum absolute atomic E-state index is 0.736. The molecule has 1 N–H and O–H groups in total. The number of aryl methyl sites for hydroxylation is 1. The van der Waals surface area contributed by atoms with E-state index >= 15 is 0 Å². The first-order valence-electron chi connectivity index (χ1n) is 5.68. The number of hydrogen-bond donors (Lipinski definition) is 1. The summed E-state index contributed by atoms with van der Waals surface area (Å²) in [6.45, 7) is 2.80. The molecule has 0 amide bonds. The minimum Gasteiger partial charge on any atom is -0.478 e. The summed E-state index contributed by atoms with van der Waals surface area (Å²) >= 11 is 1.63.